The Labute approximate surface area is 283 Å². The number of piperidine rings is 1. The van der Waals surface area contributed by atoms with Gasteiger partial charge in [-0.1, -0.05) is 54.6 Å². The topological polar surface area (TPSA) is 119 Å². The molecule has 10 nitrogen and oxygen atoms in total. The van der Waals surface area contributed by atoms with Gasteiger partial charge in [-0.15, -0.1) is 0 Å². The maximum absolute atomic E-state index is 13.3. The first-order valence-corrected chi connectivity index (χ1v) is 16.8. The first kappa shape index (κ1) is 30.8. The van der Waals surface area contributed by atoms with Crippen LogP contribution in [0.4, 0.5) is 5.69 Å². The van der Waals surface area contributed by atoms with Crippen molar-refractivity contribution in [2.24, 2.45) is 0 Å². The Morgan fingerprint density at radius 3 is 2.29 bits per heavy atom. The zero-order valence-corrected chi connectivity index (χ0v) is 26.9. The van der Waals surface area contributed by atoms with Crippen molar-refractivity contribution in [3.63, 3.8) is 0 Å². The summed E-state index contributed by atoms with van der Waals surface area (Å²) < 4.78 is 6.13. The highest BCUT2D eigenvalue weighted by molar-refractivity contribution is 6.23. The molecule has 2 N–H and O–H groups in total. The summed E-state index contributed by atoms with van der Waals surface area (Å²) in [4.78, 5) is 56.1. The van der Waals surface area contributed by atoms with Crippen molar-refractivity contribution in [3.8, 4) is 11.5 Å². The van der Waals surface area contributed by atoms with Gasteiger partial charge in [-0.3, -0.25) is 34.3 Å². The van der Waals surface area contributed by atoms with Crippen molar-refractivity contribution < 1.29 is 29.0 Å². The zero-order valence-electron chi connectivity index (χ0n) is 26.9. The Balaban J connectivity index is 0.931. The summed E-state index contributed by atoms with van der Waals surface area (Å²) in [5.74, 6) is -0.824. The number of carbonyl (C=O) groups is 4. The quantitative estimate of drug-likeness (QED) is 0.293. The number of piperazine rings is 1. The zero-order chi connectivity index (χ0) is 33.6. The number of nitrogens with one attached hydrogen (secondary N) is 1. The van der Waals surface area contributed by atoms with Gasteiger partial charge in [-0.25, -0.2) is 0 Å². The van der Waals surface area contributed by atoms with Gasteiger partial charge in [0.25, 0.3) is 11.8 Å². The lowest BCUT2D eigenvalue weighted by Gasteiger charge is -2.37. The van der Waals surface area contributed by atoms with Gasteiger partial charge in [0.15, 0.2) is 0 Å². The summed E-state index contributed by atoms with van der Waals surface area (Å²) >= 11 is 0. The molecule has 4 aliphatic rings. The van der Waals surface area contributed by atoms with E-state index in [0.29, 0.717) is 24.3 Å². The van der Waals surface area contributed by atoms with Crippen LogP contribution in [0.2, 0.25) is 0 Å². The second-order valence-electron chi connectivity index (χ2n) is 13.2. The summed E-state index contributed by atoms with van der Waals surface area (Å²) in [5.41, 5.74) is 6.19. The molecule has 4 aliphatic heterocycles. The summed E-state index contributed by atoms with van der Waals surface area (Å²) in [6.07, 6.45) is 0.232. The molecule has 8 rings (SSSR count). The largest absolute Gasteiger partial charge is 0.508 e. The van der Waals surface area contributed by atoms with Gasteiger partial charge in [0.2, 0.25) is 11.8 Å². The third-order valence-electron chi connectivity index (χ3n) is 10.3. The van der Waals surface area contributed by atoms with Crippen LogP contribution in [0.3, 0.4) is 0 Å². The fourth-order valence-electron chi connectivity index (χ4n) is 7.73. The van der Waals surface area contributed by atoms with Crippen LogP contribution in [-0.4, -0.2) is 77.4 Å². The number of rotatable bonds is 6. The number of imide groups is 2. The fraction of sp³-hybridized carbons (Fsp3) is 0.282. The van der Waals surface area contributed by atoms with E-state index < -0.39 is 29.7 Å². The molecule has 49 heavy (non-hydrogen) atoms. The molecule has 4 aromatic carbocycles. The maximum atomic E-state index is 13.3. The standard InChI is InChI=1S/C39H36N4O6/c44-28-11-13-30-34(21-28)49-23-32(25-4-2-1-3-5-25)36(30)26-7-9-27(10-8-26)42-18-16-41(17-19-42)22-24-6-12-29-31(20-24)39(48)43(38(29)47)33-14-15-35(45)40-37(33)46/h1-13,20-21,32-33,36,44H,14-19,22-23H2,(H,40,45,46)/t32-,33?,36-/m0/s1. The molecule has 0 saturated carbocycles. The van der Waals surface area contributed by atoms with E-state index in [1.54, 1.807) is 24.3 Å². The Morgan fingerprint density at radius 1 is 0.776 bits per heavy atom. The SMILES string of the molecule is O=C1CCC(N2C(=O)c3ccc(CN4CCN(c5ccc([C@H]6c7ccc(O)cc7OC[C@H]6c6ccccc6)cc5)CC4)cc3C2=O)C(=O)N1. The van der Waals surface area contributed by atoms with Crippen molar-refractivity contribution in [1.82, 2.24) is 15.1 Å². The third kappa shape index (κ3) is 5.72. The lowest BCUT2D eigenvalue weighted by atomic mass is 9.76. The van der Waals surface area contributed by atoms with E-state index in [4.69, 9.17) is 4.74 Å². The number of amides is 4. The molecular formula is C39H36N4O6. The molecule has 3 atom stereocenters. The van der Waals surface area contributed by atoms with Crippen molar-refractivity contribution in [2.45, 2.75) is 37.3 Å². The number of hydrogen-bond donors (Lipinski definition) is 2. The van der Waals surface area contributed by atoms with Crippen molar-refractivity contribution in [2.75, 3.05) is 37.7 Å². The Kier molecular flexibility index (Phi) is 7.88. The number of phenols is 1. The molecule has 0 bridgehead atoms. The van der Waals surface area contributed by atoms with Crippen molar-refractivity contribution >= 4 is 29.3 Å². The Bertz CT molecular complexity index is 1950. The number of fused-ring (bicyclic) bond motifs is 2. The van der Waals surface area contributed by atoms with Gasteiger partial charge in [0, 0.05) is 68.3 Å². The lowest BCUT2D eigenvalue weighted by Crippen LogP contribution is -2.54. The van der Waals surface area contributed by atoms with Crippen LogP contribution < -0.4 is 15.0 Å². The molecule has 248 valence electrons. The predicted molar refractivity (Wildman–Crippen MR) is 182 cm³/mol. The Hall–Kier alpha value is -5.48. The molecule has 0 aliphatic carbocycles. The van der Waals surface area contributed by atoms with E-state index in [1.807, 2.05) is 18.2 Å². The summed E-state index contributed by atoms with van der Waals surface area (Å²) in [6.45, 7) is 4.53. The van der Waals surface area contributed by atoms with Crippen LogP contribution in [0.25, 0.3) is 0 Å². The molecule has 10 heteroatoms. The monoisotopic (exact) mass is 656 g/mol. The predicted octanol–water partition coefficient (Wildman–Crippen LogP) is 4.42. The van der Waals surface area contributed by atoms with Crippen molar-refractivity contribution in [1.29, 1.82) is 0 Å². The fourth-order valence-corrected chi connectivity index (χ4v) is 7.73. The maximum Gasteiger partial charge on any atom is 0.262 e. The Morgan fingerprint density at radius 2 is 1.53 bits per heavy atom. The normalized spacial score (nSPS) is 22.4. The summed E-state index contributed by atoms with van der Waals surface area (Å²) in [5, 5.41) is 12.3. The van der Waals surface area contributed by atoms with Gasteiger partial charge in [0.05, 0.1) is 17.7 Å². The van der Waals surface area contributed by atoms with Gasteiger partial charge >= 0.3 is 0 Å². The summed E-state index contributed by atoms with van der Waals surface area (Å²) in [6, 6.07) is 29.0. The number of nitrogens with zero attached hydrogens (tertiary/aromatic N) is 3. The average molecular weight is 657 g/mol. The average Bonchev–Trinajstić information content (AvgIpc) is 3.36. The first-order chi connectivity index (χ1) is 23.8. The number of aromatic hydroxyl groups is 1. The molecule has 0 radical (unpaired) electrons. The van der Waals surface area contributed by atoms with E-state index >= 15 is 0 Å². The van der Waals surface area contributed by atoms with Crippen LogP contribution in [0, 0.1) is 0 Å². The minimum atomic E-state index is -0.969. The number of carbonyl (C=O) groups excluding carboxylic acids is 4. The van der Waals surface area contributed by atoms with Gasteiger partial charge < -0.3 is 14.7 Å². The number of benzene rings is 4. The summed E-state index contributed by atoms with van der Waals surface area (Å²) in [7, 11) is 0. The van der Waals surface area contributed by atoms with E-state index in [1.165, 1.54) is 11.1 Å². The molecule has 4 heterocycles. The van der Waals surface area contributed by atoms with E-state index in [2.05, 4.69) is 63.6 Å². The molecular weight excluding hydrogens is 620 g/mol. The van der Waals surface area contributed by atoms with Crippen molar-refractivity contribution in [3.05, 3.63) is 124 Å². The third-order valence-corrected chi connectivity index (χ3v) is 10.3. The number of anilines is 1. The smallest absolute Gasteiger partial charge is 0.262 e. The molecule has 2 fully saturated rings. The number of phenolic OH excluding ortho intramolecular Hbond substituents is 1. The molecule has 0 aromatic heterocycles. The lowest BCUT2D eigenvalue weighted by molar-refractivity contribution is -0.136. The van der Waals surface area contributed by atoms with E-state index in [9.17, 15) is 24.3 Å². The minimum absolute atomic E-state index is 0.0863. The van der Waals surface area contributed by atoms with E-state index in [0.717, 1.165) is 53.6 Å². The van der Waals surface area contributed by atoms with Gasteiger partial charge in [0.1, 0.15) is 17.5 Å². The molecule has 4 amide bonds. The van der Waals surface area contributed by atoms with Gasteiger partial charge in [-0.05, 0) is 53.4 Å². The van der Waals surface area contributed by atoms with Crippen LogP contribution in [0.15, 0.2) is 91.0 Å². The van der Waals surface area contributed by atoms with Crippen LogP contribution in [-0.2, 0) is 16.1 Å². The van der Waals surface area contributed by atoms with Crippen LogP contribution >= 0.6 is 0 Å². The van der Waals surface area contributed by atoms with Crippen LogP contribution in [0.1, 0.15) is 67.6 Å². The minimum Gasteiger partial charge on any atom is -0.508 e. The second kappa shape index (κ2) is 12.5. The number of hydrogen-bond acceptors (Lipinski definition) is 8. The highest BCUT2D eigenvalue weighted by atomic mass is 16.5. The molecule has 1 unspecified atom stereocenters. The highest BCUT2D eigenvalue weighted by Gasteiger charge is 2.44. The van der Waals surface area contributed by atoms with E-state index in [-0.39, 0.29) is 30.4 Å². The first-order valence-electron chi connectivity index (χ1n) is 16.8. The highest BCUT2D eigenvalue weighted by Crippen LogP contribution is 2.47. The molecule has 2 saturated heterocycles. The molecule has 4 aromatic rings. The number of ether oxygens (including phenoxy) is 1. The van der Waals surface area contributed by atoms with Gasteiger partial charge in [-0.2, -0.15) is 0 Å². The molecule has 0 spiro atoms. The second-order valence-corrected chi connectivity index (χ2v) is 13.2. The van der Waals surface area contributed by atoms with Crippen LogP contribution in [0.5, 0.6) is 11.5 Å².